The predicted octanol–water partition coefficient (Wildman–Crippen LogP) is 1.99. The summed E-state index contributed by atoms with van der Waals surface area (Å²) in [5, 5.41) is 12.2. The van der Waals surface area contributed by atoms with Gasteiger partial charge in [0.05, 0.1) is 5.75 Å². The van der Waals surface area contributed by atoms with Crippen LogP contribution in [0.1, 0.15) is 16.8 Å². The van der Waals surface area contributed by atoms with Crippen LogP contribution in [-0.2, 0) is 4.79 Å². The molecule has 0 saturated carbocycles. The van der Waals surface area contributed by atoms with Crippen LogP contribution in [0, 0.1) is 25.2 Å². The molecule has 0 aliphatic rings. The van der Waals surface area contributed by atoms with E-state index in [1.807, 2.05) is 37.3 Å². The average Bonchev–Trinajstić information content (AvgIpc) is 2.47. The molecule has 7 heteroatoms. The van der Waals surface area contributed by atoms with Crippen molar-refractivity contribution < 1.29 is 4.79 Å². The van der Waals surface area contributed by atoms with E-state index in [1.54, 1.807) is 6.92 Å². The van der Waals surface area contributed by atoms with E-state index in [-0.39, 0.29) is 22.2 Å². The Hall–Kier alpha value is -2.59. The van der Waals surface area contributed by atoms with Crippen molar-refractivity contribution in [1.82, 2.24) is 9.97 Å². The van der Waals surface area contributed by atoms with Crippen molar-refractivity contribution in [1.29, 1.82) is 5.26 Å². The second-order valence-electron chi connectivity index (χ2n) is 4.61. The van der Waals surface area contributed by atoms with Crippen LogP contribution < -0.4 is 11.0 Å². The van der Waals surface area contributed by atoms with Gasteiger partial charge < -0.3 is 10.3 Å². The maximum absolute atomic E-state index is 12.0. The minimum atomic E-state index is -0.529. The third-order valence-electron chi connectivity index (χ3n) is 2.96. The van der Waals surface area contributed by atoms with Crippen LogP contribution in [0.2, 0.25) is 0 Å². The van der Waals surface area contributed by atoms with Crippen LogP contribution in [0.3, 0.4) is 0 Å². The quantitative estimate of drug-likeness (QED) is 0.664. The maximum atomic E-state index is 12.0. The highest BCUT2D eigenvalue weighted by atomic mass is 32.2. The van der Waals surface area contributed by atoms with Crippen molar-refractivity contribution in [3.8, 4) is 6.07 Å². The molecule has 2 rings (SSSR count). The van der Waals surface area contributed by atoms with E-state index in [1.165, 1.54) is 0 Å². The predicted molar refractivity (Wildman–Crippen MR) is 84.8 cm³/mol. The second kappa shape index (κ2) is 6.91. The Kier molecular flexibility index (Phi) is 4.96. The third-order valence-corrected chi connectivity index (χ3v) is 3.93. The first-order valence-electron chi connectivity index (χ1n) is 6.50. The molecular formula is C15H14N4O2S. The zero-order valence-electron chi connectivity index (χ0n) is 12.1. The molecule has 1 amide bonds. The molecule has 0 spiro atoms. The number of nitriles is 1. The first kappa shape index (κ1) is 15.8. The topological polar surface area (TPSA) is 98.6 Å². The van der Waals surface area contributed by atoms with Crippen LogP contribution in [-0.4, -0.2) is 21.6 Å². The Morgan fingerprint density at radius 2 is 2.14 bits per heavy atom. The zero-order valence-corrected chi connectivity index (χ0v) is 13.0. The number of nitrogens with one attached hydrogen (secondary N) is 2. The lowest BCUT2D eigenvalue weighted by atomic mass is 10.2. The molecular weight excluding hydrogens is 300 g/mol. The van der Waals surface area contributed by atoms with E-state index in [4.69, 9.17) is 5.26 Å². The van der Waals surface area contributed by atoms with Gasteiger partial charge in [0.15, 0.2) is 0 Å². The van der Waals surface area contributed by atoms with Gasteiger partial charge in [-0.15, -0.1) is 0 Å². The number of amides is 1. The van der Waals surface area contributed by atoms with Crippen molar-refractivity contribution in [3.05, 3.63) is 51.6 Å². The fourth-order valence-corrected chi connectivity index (χ4v) is 2.66. The molecule has 6 nitrogen and oxygen atoms in total. The number of H-pyrrole nitrogens is 1. The number of hydrogen-bond donors (Lipinski definition) is 2. The lowest BCUT2D eigenvalue weighted by Gasteiger charge is -2.08. The Morgan fingerprint density at radius 1 is 1.41 bits per heavy atom. The second-order valence-corrected chi connectivity index (χ2v) is 5.57. The molecule has 0 aliphatic carbocycles. The number of thioether (sulfide) groups is 1. The van der Waals surface area contributed by atoms with Crippen molar-refractivity contribution in [2.24, 2.45) is 0 Å². The Morgan fingerprint density at radius 3 is 2.82 bits per heavy atom. The SMILES string of the molecule is Cc1ccccc1NC(=O)CSc1nc(=O)[nH]c(C)c1C#N. The van der Waals surface area contributed by atoms with Gasteiger partial charge >= 0.3 is 5.69 Å². The lowest BCUT2D eigenvalue weighted by Crippen LogP contribution is -2.17. The van der Waals surface area contributed by atoms with E-state index in [2.05, 4.69) is 15.3 Å². The summed E-state index contributed by atoms with van der Waals surface area (Å²) in [6.45, 7) is 3.53. The van der Waals surface area contributed by atoms with Crippen LogP contribution in [0.4, 0.5) is 5.69 Å². The summed E-state index contributed by atoms with van der Waals surface area (Å²) in [4.78, 5) is 29.6. The van der Waals surface area contributed by atoms with Gasteiger partial charge in [-0.25, -0.2) is 4.79 Å². The summed E-state index contributed by atoms with van der Waals surface area (Å²) in [6.07, 6.45) is 0. The number of rotatable bonds is 4. The van der Waals surface area contributed by atoms with Crippen molar-refractivity contribution in [3.63, 3.8) is 0 Å². The van der Waals surface area contributed by atoms with Gasteiger partial charge in [0.1, 0.15) is 16.7 Å². The lowest BCUT2D eigenvalue weighted by molar-refractivity contribution is -0.113. The normalized spacial score (nSPS) is 10.0. The molecule has 1 heterocycles. The van der Waals surface area contributed by atoms with Gasteiger partial charge in [-0.05, 0) is 25.5 Å². The maximum Gasteiger partial charge on any atom is 0.346 e. The number of carbonyl (C=O) groups is 1. The Labute approximate surface area is 131 Å². The summed E-state index contributed by atoms with van der Waals surface area (Å²) < 4.78 is 0. The van der Waals surface area contributed by atoms with E-state index < -0.39 is 5.69 Å². The monoisotopic (exact) mass is 314 g/mol. The van der Waals surface area contributed by atoms with Crippen LogP contribution in [0.15, 0.2) is 34.1 Å². The number of benzene rings is 1. The number of aryl methyl sites for hydroxylation is 2. The molecule has 0 unspecified atom stereocenters. The minimum Gasteiger partial charge on any atom is -0.325 e. The number of carbonyl (C=O) groups excluding carboxylic acids is 1. The molecule has 2 aromatic rings. The van der Waals surface area contributed by atoms with Crippen LogP contribution in [0.25, 0.3) is 0 Å². The van der Waals surface area contributed by atoms with Gasteiger partial charge in [-0.1, -0.05) is 30.0 Å². The number of hydrogen-bond acceptors (Lipinski definition) is 5. The highest BCUT2D eigenvalue weighted by molar-refractivity contribution is 8.00. The van der Waals surface area contributed by atoms with Gasteiger partial charge in [0, 0.05) is 11.4 Å². The molecule has 0 bridgehead atoms. The standard InChI is InChI=1S/C15H14N4O2S/c1-9-5-3-4-6-12(9)18-13(20)8-22-14-11(7-16)10(2)17-15(21)19-14/h3-6H,8H2,1-2H3,(H,18,20)(H,17,19,21). The third kappa shape index (κ3) is 3.74. The Balaban J connectivity index is 2.08. The largest absolute Gasteiger partial charge is 0.346 e. The first-order valence-corrected chi connectivity index (χ1v) is 7.49. The smallest absolute Gasteiger partial charge is 0.325 e. The highest BCUT2D eigenvalue weighted by Crippen LogP contribution is 2.20. The van der Waals surface area contributed by atoms with Gasteiger partial charge in [-0.3, -0.25) is 4.79 Å². The molecule has 1 aromatic heterocycles. The van der Waals surface area contributed by atoms with Crippen molar-refractivity contribution >= 4 is 23.4 Å². The average molecular weight is 314 g/mol. The molecule has 1 aromatic carbocycles. The first-order chi connectivity index (χ1) is 10.5. The zero-order chi connectivity index (χ0) is 16.1. The van der Waals surface area contributed by atoms with E-state index in [0.29, 0.717) is 5.69 Å². The fraction of sp³-hybridized carbons (Fsp3) is 0.200. The number of nitrogens with zero attached hydrogens (tertiary/aromatic N) is 2. The number of aromatic amines is 1. The summed E-state index contributed by atoms with van der Waals surface area (Å²) >= 11 is 1.07. The molecule has 0 radical (unpaired) electrons. The summed E-state index contributed by atoms with van der Waals surface area (Å²) in [5.41, 5.74) is 1.91. The van der Waals surface area contributed by atoms with Crippen molar-refractivity contribution in [2.45, 2.75) is 18.9 Å². The summed E-state index contributed by atoms with van der Waals surface area (Å²) in [6, 6.07) is 9.43. The van der Waals surface area contributed by atoms with Gasteiger partial charge in [-0.2, -0.15) is 10.2 Å². The van der Waals surface area contributed by atoms with Gasteiger partial charge in [0.25, 0.3) is 0 Å². The van der Waals surface area contributed by atoms with E-state index in [0.717, 1.165) is 23.0 Å². The van der Waals surface area contributed by atoms with E-state index in [9.17, 15) is 9.59 Å². The summed E-state index contributed by atoms with van der Waals surface area (Å²) in [5.74, 6) is -0.151. The number of aromatic nitrogens is 2. The molecule has 0 aliphatic heterocycles. The van der Waals surface area contributed by atoms with Gasteiger partial charge in [0.2, 0.25) is 5.91 Å². The molecule has 0 saturated heterocycles. The number of para-hydroxylation sites is 1. The number of anilines is 1. The molecule has 22 heavy (non-hydrogen) atoms. The molecule has 0 atom stereocenters. The molecule has 2 N–H and O–H groups in total. The fourth-order valence-electron chi connectivity index (χ4n) is 1.83. The minimum absolute atomic E-state index is 0.0684. The van der Waals surface area contributed by atoms with E-state index >= 15 is 0 Å². The van der Waals surface area contributed by atoms with Crippen LogP contribution >= 0.6 is 11.8 Å². The summed E-state index contributed by atoms with van der Waals surface area (Å²) in [7, 11) is 0. The van der Waals surface area contributed by atoms with Crippen LogP contribution in [0.5, 0.6) is 0 Å². The van der Waals surface area contributed by atoms with Crippen molar-refractivity contribution in [2.75, 3.05) is 11.1 Å². The highest BCUT2D eigenvalue weighted by Gasteiger charge is 2.12. The molecule has 112 valence electrons. The molecule has 0 fully saturated rings. The Bertz CT molecular complexity index is 808.